The average Bonchev–Trinajstić information content (AvgIpc) is 2.88. The van der Waals surface area contributed by atoms with Crippen LogP contribution in [0.3, 0.4) is 0 Å². The van der Waals surface area contributed by atoms with Gasteiger partial charge < -0.3 is 10.1 Å². The molecule has 4 heteroatoms. The number of nitrogens with one attached hydrogen (secondary N) is 1. The minimum Gasteiger partial charge on any atom is -0.491 e. The number of ether oxygens (including phenoxy) is 1. The predicted octanol–water partition coefficient (Wildman–Crippen LogP) is 4.67. The molecule has 2 nitrogen and oxygen atoms in total. The first-order valence-electron chi connectivity index (χ1n) is 7.02. The van der Waals surface area contributed by atoms with Crippen molar-refractivity contribution in [3.63, 3.8) is 0 Å². The molecule has 2 rings (SSSR count). The third-order valence-electron chi connectivity index (χ3n) is 3.59. The Morgan fingerprint density at radius 3 is 2.68 bits per heavy atom. The van der Waals surface area contributed by atoms with Gasteiger partial charge in [-0.1, -0.05) is 43.0 Å². The Morgan fingerprint density at radius 2 is 2.00 bits per heavy atom. The molecule has 1 aliphatic carbocycles. The first kappa shape index (κ1) is 15.0. The van der Waals surface area contributed by atoms with E-state index in [-0.39, 0.29) is 0 Å². The lowest BCUT2D eigenvalue weighted by atomic mass is 10.1. The standard InChI is InChI=1S/C15H21Cl2NO/c1-2-18-9-12-7-13(16)8-14(17)15(12)19-10-11-5-3-4-6-11/h7-8,11,18H,2-6,9-10H2,1H3. The molecule has 106 valence electrons. The number of rotatable bonds is 6. The van der Waals surface area contributed by atoms with Gasteiger partial charge in [0.1, 0.15) is 5.75 Å². The molecule has 1 aliphatic rings. The van der Waals surface area contributed by atoms with E-state index in [0.717, 1.165) is 31.0 Å². The minimum atomic E-state index is 0.610. The molecule has 0 radical (unpaired) electrons. The highest BCUT2D eigenvalue weighted by atomic mass is 35.5. The molecule has 1 aromatic carbocycles. The van der Waals surface area contributed by atoms with Crippen molar-refractivity contribution in [2.75, 3.05) is 13.2 Å². The summed E-state index contributed by atoms with van der Waals surface area (Å²) < 4.78 is 5.97. The second kappa shape index (κ2) is 7.37. The van der Waals surface area contributed by atoms with Gasteiger partial charge in [-0.25, -0.2) is 0 Å². The van der Waals surface area contributed by atoms with Gasteiger partial charge in [-0.05, 0) is 37.4 Å². The van der Waals surface area contributed by atoms with Crippen LogP contribution in [-0.2, 0) is 6.54 Å². The zero-order chi connectivity index (χ0) is 13.7. The highest BCUT2D eigenvalue weighted by Crippen LogP contribution is 2.34. The zero-order valence-electron chi connectivity index (χ0n) is 11.3. The fourth-order valence-electron chi connectivity index (χ4n) is 2.54. The summed E-state index contributed by atoms with van der Waals surface area (Å²) >= 11 is 12.3. The van der Waals surface area contributed by atoms with Crippen molar-refractivity contribution in [2.24, 2.45) is 5.92 Å². The number of hydrogen-bond acceptors (Lipinski definition) is 2. The molecule has 0 spiro atoms. The molecule has 1 saturated carbocycles. The largest absolute Gasteiger partial charge is 0.491 e. The Kier molecular flexibility index (Phi) is 5.80. The summed E-state index contributed by atoms with van der Waals surface area (Å²) in [6.45, 7) is 4.48. The molecule has 1 N–H and O–H groups in total. The summed E-state index contributed by atoms with van der Waals surface area (Å²) in [5.74, 6) is 1.47. The van der Waals surface area contributed by atoms with Crippen LogP contribution in [0.5, 0.6) is 5.75 Å². The lowest BCUT2D eigenvalue weighted by Crippen LogP contribution is -2.15. The lowest BCUT2D eigenvalue weighted by molar-refractivity contribution is 0.250. The Bertz CT molecular complexity index is 417. The fraction of sp³-hybridized carbons (Fsp3) is 0.600. The molecule has 0 aromatic heterocycles. The third-order valence-corrected chi connectivity index (χ3v) is 4.09. The van der Waals surface area contributed by atoms with Crippen molar-refractivity contribution >= 4 is 23.2 Å². The van der Waals surface area contributed by atoms with Crippen LogP contribution in [-0.4, -0.2) is 13.2 Å². The van der Waals surface area contributed by atoms with Crippen LogP contribution in [0, 0.1) is 5.92 Å². The summed E-state index contributed by atoms with van der Waals surface area (Å²) in [7, 11) is 0. The van der Waals surface area contributed by atoms with E-state index < -0.39 is 0 Å². The van der Waals surface area contributed by atoms with E-state index in [9.17, 15) is 0 Å². The molecular formula is C15H21Cl2NO. The SMILES string of the molecule is CCNCc1cc(Cl)cc(Cl)c1OCC1CCCC1. The molecule has 0 heterocycles. The number of benzene rings is 1. The van der Waals surface area contributed by atoms with E-state index in [2.05, 4.69) is 12.2 Å². The van der Waals surface area contributed by atoms with Crippen LogP contribution in [0.25, 0.3) is 0 Å². The maximum atomic E-state index is 6.26. The summed E-state index contributed by atoms with van der Waals surface area (Å²) in [6, 6.07) is 3.68. The second-order valence-corrected chi connectivity index (χ2v) is 5.96. The first-order chi connectivity index (χ1) is 9.20. The Labute approximate surface area is 125 Å². The van der Waals surface area contributed by atoms with E-state index in [0.29, 0.717) is 16.0 Å². The van der Waals surface area contributed by atoms with Crippen LogP contribution >= 0.6 is 23.2 Å². The van der Waals surface area contributed by atoms with Gasteiger partial charge in [0.15, 0.2) is 0 Å². The van der Waals surface area contributed by atoms with Crippen molar-refractivity contribution in [3.8, 4) is 5.75 Å². The topological polar surface area (TPSA) is 21.3 Å². The summed E-state index contributed by atoms with van der Waals surface area (Å²) in [6.07, 6.45) is 5.20. The maximum Gasteiger partial charge on any atom is 0.142 e. The monoisotopic (exact) mass is 301 g/mol. The van der Waals surface area contributed by atoms with E-state index in [1.807, 2.05) is 6.07 Å². The third kappa shape index (κ3) is 4.27. The van der Waals surface area contributed by atoms with Gasteiger partial charge in [0, 0.05) is 17.1 Å². The molecule has 0 amide bonds. The molecule has 1 fully saturated rings. The van der Waals surface area contributed by atoms with Crippen molar-refractivity contribution < 1.29 is 4.74 Å². The van der Waals surface area contributed by atoms with Crippen molar-refractivity contribution in [2.45, 2.75) is 39.2 Å². The van der Waals surface area contributed by atoms with E-state index in [4.69, 9.17) is 27.9 Å². The van der Waals surface area contributed by atoms with Crippen molar-refractivity contribution in [1.82, 2.24) is 5.32 Å². The van der Waals surface area contributed by atoms with Crippen LogP contribution < -0.4 is 10.1 Å². The summed E-state index contributed by atoms with van der Waals surface area (Å²) in [4.78, 5) is 0. The van der Waals surface area contributed by atoms with Gasteiger partial charge in [0.05, 0.1) is 11.6 Å². The van der Waals surface area contributed by atoms with Gasteiger partial charge in [-0.2, -0.15) is 0 Å². The quantitative estimate of drug-likeness (QED) is 0.824. The molecule has 0 bridgehead atoms. The van der Waals surface area contributed by atoms with Crippen LogP contribution in [0.2, 0.25) is 10.0 Å². The molecule has 0 atom stereocenters. The van der Waals surface area contributed by atoms with Gasteiger partial charge in [0.2, 0.25) is 0 Å². The first-order valence-corrected chi connectivity index (χ1v) is 7.77. The molecule has 0 unspecified atom stereocenters. The van der Waals surface area contributed by atoms with E-state index in [1.54, 1.807) is 6.07 Å². The Morgan fingerprint density at radius 1 is 1.26 bits per heavy atom. The molecule has 1 aromatic rings. The Balaban J connectivity index is 2.07. The highest BCUT2D eigenvalue weighted by Gasteiger charge is 2.17. The molecular weight excluding hydrogens is 281 g/mol. The fourth-order valence-corrected chi connectivity index (χ4v) is 3.13. The van der Waals surface area contributed by atoms with Crippen LogP contribution in [0.15, 0.2) is 12.1 Å². The van der Waals surface area contributed by atoms with Crippen molar-refractivity contribution in [1.29, 1.82) is 0 Å². The van der Waals surface area contributed by atoms with Crippen LogP contribution in [0.1, 0.15) is 38.2 Å². The van der Waals surface area contributed by atoms with Gasteiger partial charge in [-0.15, -0.1) is 0 Å². The Hall–Kier alpha value is -0.440. The highest BCUT2D eigenvalue weighted by molar-refractivity contribution is 6.35. The molecule has 0 saturated heterocycles. The minimum absolute atomic E-state index is 0.610. The second-order valence-electron chi connectivity index (χ2n) is 5.12. The molecule has 0 aliphatic heterocycles. The molecule has 19 heavy (non-hydrogen) atoms. The normalized spacial score (nSPS) is 15.9. The maximum absolute atomic E-state index is 6.26. The smallest absolute Gasteiger partial charge is 0.142 e. The zero-order valence-corrected chi connectivity index (χ0v) is 12.9. The van der Waals surface area contributed by atoms with Crippen molar-refractivity contribution in [3.05, 3.63) is 27.7 Å². The van der Waals surface area contributed by atoms with Crippen LogP contribution in [0.4, 0.5) is 0 Å². The lowest BCUT2D eigenvalue weighted by Gasteiger charge is -2.16. The number of halogens is 2. The number of hydrogen-bond donors (Lipinski definition) is 1. The van der Waals surface area contributed by atoms with E-state index >= 15 is 0 Å². The van der Waals surface area contributed by atoms with Gasteiger partial charge in [-0.3, -0.25) is 0 Å². The van der Waals surface area contributed by atoms with Gasteiger partial charge >= 0.3 is 0 Å². The van der Waals surface area contributed by atoms with Gasteiger partial charge in [0.25, 0.3) is 0 Å². The summed E-state index contributed by atoms with van der Waals surface area (Å²) in [5, 5.41) is 4.56. The predicted molar refractivity (Wildman–Crippen MR) is 81.3 cm³/mol. The van der Waals surface area contributed by atoms with E-state index in [1.165, 1.54) is 25.7 Å². The summed E-state index contributed by atoms with van der Waals surface area (Å²) in [5.41, 5.74) is 1.04. The average molecular weight is 302 g/mol.